The summed E-state index contributed by atoms with van der Waals surface area (Å²) in [5, 5.41) is 2.71. The van der Waals surface area contributed by atoms with E-state index in [2.05, 4.69) is 21.2 Å². The molecule has 2 rings (SSSR count). The molecule has 0 saturated carbocycles. The second kappa shape index (κ2) is 8.55. The predicted octanol–water partition coefficient (Wildman–Crippen LogP) is 3.64. The van der Waals surface area contributed by atoms with E-state index in [1.54, 1.807) is 48.5 Å². The van der Waals surface area contributed by atoms with Crippen LogP contribution in [-0.4, -0.2) is 33.2 Å². The van der Waals surface area contributed by atoms with Gasteiger partial charge in [0.1, 0.15) is 12.3 Å². The first kappa shape index (κ1) is 20.3. The molecule has 0 aromatic heterocycles. The van der Waals surface area contributed by atoms with E-state index in [1.165, 1.54) is 0 Å². The molecule has 0 spiro atoms. The average Bonchev–Trinajstić information content (AvgIpc) is 2.51. The van der Waals surface area contributed by atoms with Crippen LogP contribution in [0.2, 0.25) is 0 Å². The van der Waals surface area contributed by atoms with Gasteiger partial charge in [0, 0.05) is 16.2 Å². The molecular weight excluding hydrogens is 420 g/mol. The van der Waals surface area contributed by atoms with Gasteiger partial charge in [0.05, 0.1) is 18.0 Å². The highest BCUT2D eigenvalue weighted by Gasteiger charge is 2.21. The molecule has 0 saturated heterocycles. The Morgan fingerprint density at radius 2 is 1.88 bits per heavy atom. The van der Waals surface area contributed by atoms with Gasteiger partial charge >= 0.3 is 0 Å². The Kier molecular flexibility index (Phi) is 6.66. The lowest BCUT2D eigenvalue weighted by molar-refractivity contribution is -0.114. The van der Waals surface area contributed by atoms with Crippen LogP contribution in [0.25, 0.3) is 0 Å². The third-order valence-corrected chi connectivity index (χ3v) is 4.91. The van der Waals surface area contributed by atoms with Crippen molar-refractivity contribution in [3.05, 3.63) is 53.0 Å². The van der Waals surface area contributed by atoms with Crippen LogP contribution in [0.4, 0.5) is 11.4 Å². The van der Waals surface area contributed by atoms with Crippen molar-refractivity contribution in [1.29, 1.82) is 0 Å². The summed E-state index contributed by atoms with van der Waals surface area (Å²) in [6.07, 6.45) is 1.08. The fourth-order valence-corrected chi connectivity index (χ4v) is 3.52. The molecule has 0 atom stereocenters. The van der Waals surface area contributed by atoms with Crippen molar-refractivity contribution < 1.29 is 17.9 Å². The summed E-state index contributed by atoms with van der Waals surface area (Å²) >= 11 is 3.31. The topological polar surface area (TPSA) is 75.7 Å². The molecule has 140 valence electrons. The van der Waals surface area contributed by atoms with Crippen LogP contribution in [-0.2, 0) is 14.8 Å². The number of carbonyl (C=O) groups is 1. The van der Waals surface area contributed by atoms with Gasteiger partial charge in [0.25, 0.3) is 0 Å². The highest BCUT2D eigenvalue weighted by Crippen LogP contribution is 2.23. The molecule has 0 unspecified atom stereocenters. The zero-order valence-corrected chi connectivity index (χ0v) is 17.2. The lowest BCUT2D eigenvalue weighted by Gasteiger charge is -2.22. The molecule has 0 aliphatic heterocycles. The van der Waals surface area contributed by atoms with Crippen molar-refractivity contribution in [3.8, 4) is 5.75 Å². The molecule has 0 fully saturated rings. The molecule has 0 radical (unpaired) electrons. The summed E-state index contributed by atoms with van der Waals surface area (Å²) < 4.78 is 31.6. The minimum atomic E-state index is -3.62. The predicted molar refractivity (Wildman–Crippen MR) is 107 cm³/mol. The normalized spacial score (nSPS) is 11.3. The van der Waals surface area contributed by atoms with E-state index < -0.39 is 15.9 Å². The minimum Gasteiger partial charge on any atom is -0.491 e. The van der Waals surface area contributed by atoms with Gasteiger partial charge in [-0.25, -0.2) is 8.42 Å². The molecule has 0 heterocycles. The van der Waals surface area contributed by atoms with Crippen LogP contribution < -0.4 is 14.4 Å². The van der Waals surface area contributed by atoms with Gasteiger partial charge in [0.2, 0.25) is 15.9 Å². The minimum absolute atomic E-state index is 0.0122. The maximum absolute atomic E-state index is 12.4. The number of ether oxygens (including phenoxy) is 1. The van der Waals surface area contributed by atoms with Crippen molar-refractivity contribution in [2.75, 3.05) is 22.4 Å². The second-order valence-corrected chi connectivity index (χ2v) is 8.81. The third-order valence-electron chi connectivity index (χ3n) is 3.27. The SMILES string of the molecule is CC(C)Oc1cccc(NC(=O)CN(c2cccc(Br)c2)S(C)(=O)=O)c1. The number of anilines is 2. The smallest absolute Gasteiger partial charge is 0.245 e. The van der Waals surface area contributed by atoms with Crippen molar-refractivity contribution in [2.45, 2.75) is 20.0 Å². The molecular formula is C18H21BrN2O4S. The number of benzene rings is 2. The largest absolute Gasteiger partial charge is 0.491 e. The Bertz CT molecular complexity index is 884. The van der Waals surface area contributed by atoms with Crippen molar-refractivity contribution >= 4 is 43.2 Å². The maximum Gasteiger partial charge on any atom is 0.245 e. The molecule has 0 aliphatic carbocycles. The Labute approximate surface area is 162 Å². The zero-order valence-electron chi connectivity index (χ0n) is 14.8. The van der Waals surface area contributed by atoms with Crippen molar-refractivity contribution in [1.82, 2.24) is 0 Å². The van der Waals surface area contributed by atoms with Gasteiger partial charge in [0.15, 0.2) is 0 Å². The first-order chi connectivity index (χ1) is 12.1. The summed E-state index contributed by atoms with van der Waals surface area (Å²) in [5.74, 6) is 0.182. The van der Waals surface area contributed by atoms with Crippen molar-refractivity contribution in [3.63, 3.8) is 0 Å². The van der Waals surface area contributed by atoms with Crippen LogP contribution in [0.3, 0.4) is 0 Å². The standard InChI is InChI=1S/C18H21BrN2O4S/c1-13(2)25-17-9-5-7-15(11-17)20-18(22)12-21(26(3,23)24)16-8-4-6-14(19)10-16/h4-11,13H,12H2,1-3H3,(H,20,22). The van der Waals surface area contributed by atoms with E-state index in [0.717, 1.165) is 15.0 Å². The fourth-order valence-electron chi connectivity index (χ4n) is 2.28. The summed E-state index contributed by atoms with van der Waals surface area (Å²) in [4.78, 5) is 12.4. The molecule has 2 aromatic rings. The third kappa shape index (κ3) is 6.03. The second-order valence-electron chi connectivity index (χ2n) is 5.99. The van der Waals surface area contributed by atoms with E-state index in [1.807, 2.05) is 13.8 Å². The molecule has 26 heavy (non-hydrogen) atoms. The molecule has 1 amide bonds. The number of hydrogen-bond acceptors (Lipinski definition) is 4. The van der Waals surface area contributed by atoms with Crippen LogP contribution >= 0.6 is 15.9 Å². The quantitative estimate of drug-likeness (QED) is 0.712. The molecule has 1 N–H and O–H groups in total. The first-order valence-corrected chi connectivity index (χ1v) is 10.6. The molecule has 8 heteroatoms. The molecule has 0 bridgehead atoms. The number of nitrogens with one attached hydrogen (secondary N) is 1. The summed E-state index contributed by atoms with van der Waals surface area (Å²) in [5.41, 5.74) is 0.949. The first-order valence-electron chi connectivity index (χ1n) is 7.95. The number of nitrogens with zero attached hydrogens (tertiary/aromatic N) is 1. The monoisotopic (exact) mass is 440 g/mol. The van der Waals surface area contributed by atoms with Crippen LogP contribution in [0.15, 0.2) is 53.0 Å². The number of hydrogen-bond donors (Lipinski definition) is 1. The lowest BCUT2D eigenvalue weighted by atomic mass is 10.3. The van der Waals surface area contributed by atoms with Gasteiger partial charge in [-0.3, -0.25) is 9.10 Å². The number of rotatable bonds is 7. The summed E-state index contributed by atoms with van der Waals surface area (Å²) in [6, 6.07) is 13.7. The van der Waals surface area contributed by atoms with Crippen LogP contribution in [0.5, 0.6) is 5.75 Å². The zero-order chi connectivity index (χ0) is 19.3. The van der Waals surface area contributed by atoms with Crippen LogP contribution in [0, 0.1) is 0 Å². The van der Waals surface area contributed by atoms with Gasteiger partial charge in [-0.2, -0.15) is 0 Å². The Morgan fingerprint density at radius 1 is 1.19 bits per heavy atom. The number of amides is 1. The fraction of sp³-hybridized carbons (Fsp3) is 0.278. The highest BCUT2D eigenvalue weighted by molar-refractivity contribution is 9.10. The van der Waals surface area contributed by atoms with Crippen LogP contribution in [0.1, 0.15) is 13.8 Å². The maximum atomic E-state index is 12.4. The van der Waals surface area contributed by atoms with Crippen molar-refractivity contribution in [2.24, 2.45) is 0 Å². The van der Waals surface area contributed by atoms with E-state index in [9.17, 15) is 13.2 Å². The number of halogens is 1. The van der Waals surface area contributed by atoms with Gasteiger partial charge in [-0.05, 0) is 44.2 Å². The number of sulfonamides is 1. The van der Waals surface area contributed by atoms with E-state index in [4.69, 9.17) is 4.74 Å². The Balaban J connectivity index is 2.16. The molecule has 0 aliphatic rings. The average molecular weight is 441 g/mol. The van der Waals surface area contributed by atoms with E-state index in [0.29, 0.717) is 17.1 Å². The van der Waals surface area contributed by atoms with Gasteiger partial charge in [-0.15, -0.1) is 0 Å². The Hall–Kier alpha value is -2.06. The Morgan fingerprint density at radius 3 is 2.50 bits per heavy atom. The van der Waals surface area contributed by atoms with Gasteiger partial charge in [-0.1, -0.05) is 28.1 Å². The molecule has 2 aromatic carbocycles. The highest BCUT2D eigenvalue weighted by atomic mass is 79.9. The van der Waals surface area contributed by atoms with Gasteiger partial charge < -0.3 is 10.1 Å². The van der Waals surface area contributed by atoms with E-state index >= 15 is 0 Å². The lowest BCUT2D eigenvalue weighted by Crippen LogP contribution is -2.37. The number of carbonyl (C=O) groups excluding carboxylic acids is 1. The molecule has 6 nitrogen and oxygen atoms in total. The summed E-state index contributed by atoms with van der Waals surface area (Å²) in [7, 11) is -3.62. The summed E-state index contributed by atoms with van der Waals surface area (Å²) in [6.45, 7) is 3.49. The van der Waals surface area contributed by atoms with E-state index in [-0.39, 0.29) is 12.6 Å².